The molecule has 19 heavy (non-hydrogen) atoms. The minimum absolute atomic E-state index is 0.0787. The molecule has 0 unspecified atom stereocenters. The van der Waals surface area contributed by atoms with E-state index in [0.29, 0.717) is 5.75 Å². The van der Waals surface area contributed by atoms with Crippen LogP contribution in [-0.4, -0.2) is 65.0 Å². The van der Waals surface area contributed by atoms with E-state index < -0.39 is 31.5 Å². The maximum absolute atomic E-state index is 9.73. The average molecular weight is 271 g/mol. The van der Waals surface area contributed by atoms with E-state index in [9.17, 15) is 5.11 Å². The molecule has 0 radical (unpaired) electrons. The number of aliphatic hydroxyl groups excluding tert-OH is 4. The second-order valence-corrected chi connectivity index (χ2v) is 4.41. The highest BCUT2D eigenvalue weighted by Crippen LogP contribution is 2.08. The molecule has 6 heteroatoms. The summed E-state index contributed by atoms with van der Waals surface area (Å²) in [5.74, 6) is 0.652. The largest absolute Gasteiger partial charge is 0.491 e. The molecular formula is C13H21NO5. The molecule has 0 aromatic heterocycles. The van der Waals surface area contributed by atoms with Gasteiger partial charge < -0.3 is 30.5 Å². The van der Waals surface area contributed by atoms with Gasteiger partial charge in [-0.25, -0.2) is 0 Å². The van der Waals surface area contributed by atoms with Gasteiger partial charge in [0.05, 0.1) is 25.4 Å². The first-order valence-electron chi connectivity index (χ1n) is 6.09. The molecule has 0 aliphatic rings. The lowest BCUT2D eigenvalue weighted by atomic mass is 10.0. The Morgan fingerprint density at radius 3 is 2.16 bits per heavy atom. The molecule has 1 aromatic carbocycles. The predicted molar refractivity (Wildman–Crippen MR) is 69.9 cm³/mol. The summed E-state index contributed by atoms with van der Waals surface area (Å²) >= 11 is 0. The third-order valence-electron chi connectivity index (χ3n) is 2.81. The number of aliphatic hydroxyl groups is 4. The molecule has 0 aliphatic carbocycles. The van der Waals surface area contributed by atoms with Crippen LogP contribution >= 0.6 is 0 Å². The van der Waals surface area contributed by atoms with Crippen LogP contribution in [-0.2, 0) is 0 Å². The smallest absolute Gasteiger partial charge is 0.119 e. The summed E-state index contributed by atoms with van der Waals surface area (Å²) in [5.41, 5.74) is -1.19. The number of para-hydroxylation sites is 1. The van der Waals surface area contributed by atoms with Gasteiger partial charge in [-0.2, -0.15) is 0 Å². The van der Waals surface area contributed by atoms with Crippen molar-refractivity contribution in [3.8, 4) is 5.75 Å². The first-order chi connectivity index (χ1) is 9.15. The molecule has 108 valence electrons. The van der Waals surface area contributed by atoms with Gasteiger partial charge >= 0.3 is 0 Å². The number of hydrogen-bond acceptors (Lipinski definition) is 6. The minimum Gasteiger partial charge on any atom is -0.491 e. The average Bonchev–Trinajstić information content (AvgIpc) is 2.48. The van der Waals surface area contributed by atoms with Crippen molar-refractivity contribution in [3.05, 3.63) is 30.3 Å². The summed E-state index contributed by atoms with van der Waals surface area (Å²) in [6.45, 7) is -1.10. The lowest BCUT2D eigenvalue weighted by Crippen LogP contribution is -2.57. The van der Waals surface area contributed by atoms with Crippen LogP contribution in [0.2, 0.25) is 0 Å². The van der Waals surface area contributed by atoms with E-state index in [1.54, 1.807) is 12.1 Å². The zero-order valence-electron chi connectivity index (χ0n) is 10.7. The van der Waals surface area contributed by atoms with Crippen molar-refractivity contribution in [2.24, 2.45) is 0 Å². The highest BCUT2D eigenvalue weighted by molar-refractivity contribution is 5.20. The van der Waals surface area contributed by atoms with E-state index in [1.165, 1.54) is 0 Å². The van der Waals surface area contributed by atoms with Crippen molar-refractivity contribution in [1.29, 1.82) is 0 Å². The molecule has 0 aliphatic heterocycles. The molecule has 0 saturated heterocycles. The van der Waals surface area contributed by atoms with Gasteiger partial charge in [-0.15, -0.1) is 0 Å². The summed E-state index contributed by atoms with van der Waals surface area (Å²) in [7, 11) is 0. The SMILES string of the molecule is OCC(CO)(CO)NC[C@H](O)COc1ccccc1. The second kappa shape index (κ2) is 8.08. The Kier molecular flexibility index (Phi) is 6.75. The van der Waals surface area contributed by atoms with Gasteiger partial charge in [-0.05, 0) is 12.1 Å². The Morgan fingerprint density at radius 1 is 1.05 bits per heavy atom. The van der Waals surface area contributed by atoms with Gasteiger partial charge in [-0.1, -0.05) is 18.2 Å². The lowest BCUT2D eigenvalue weighted by Gasteiger charge is -2.29. The zero-order valence-corrected chi connectivity index (χ0v) is 10.7. The van der Waals surface area contributed by atoms with E-state index in [-0.39, 0.29) is 13.2 Å². The maximum atomic E-state index is 9.73. The van der Waals surface area contributed by atoms with Crippen LogP contribution in [0.4, 0.5) is 0 Å². The van der Waals surface area contributed by atoms with Crippen LogP contribution in [0, 0.1) is 0 Å². The van der Waals surface area contributed by atoms with Crippen LogP contribution in [0.5, 0.6) is 5.75 Å². The Morgan fingerprint density at radius 2 is 1.63 bits per heavy atom. The predicted octanol–water partition coefficient (Wildman–Crippen LogP) is -1.27. The van der Waals surface area contributed by atoms with Gasteiger partial charge in [0.25, 0.3) is 0 Å². The molecule has 0 heterocycles. The molecular weight excluding hydrogens is 250 g/mol. The fourth-order valence-electron chi connectivity index (χ4n) is 1.42. The highest BCUT2D eigenvalue weighted by Gasteiger charge is 2.27. The molecule has 0 fully saturated rings. The van der Waals surface area contributed by atoms with Gasteiger partial charge in [0, 0.05) is 6.54 Å². The number of rotatable bonds is 9. The van der Waals surface area contributed by atoms with Crippen LogP contribution in [0.15, 0.2) is 30.3 Å². The Labute approximate surface area is 112 Å². The van der Waals surface area contributed by atoms with E-state index in [2.05, 4.69) is 5.32 Å². The molecule has 6 nitrogen and oxygen atoms in total. The molecule has 1 aromatic rings. The standard InChI is InChI=1S/C13H21NO5/c15-8-13(9-16,10-17)14-6-11(18)7-19-12-4-2-1-3-5-12/h1-5,11,14-18H,6-10H2/t11-/m0/s1. The quantitative estimate of drug-likeness (QED) is 0.384. The van der Waals surface area contributed by atoms with Crippen molar-refractivity contribution in [2.45, 2.75) is 11.6 Å². The molecule has 1 rings (SSSR count). The number of β-amino-alcohol motifs (C(OH)–C–C–N with tert-alkyl or cyclic N) is 1. The summed E-state index contributed by atoms with van der Waals surface area (Å²) in [4.78, 5) is 0. The van der Waals surface area contributed by atoms with Crippen molar-refractivity contribution in [2.75, 3.05) is 33.0 Å². The number of hydrogen-bond donors (Lipinski definition) is 5. The second-order valence-electron chi connectivity index (χ2n) is 4.41. The third-order valence-corrected chi connectivity index (χ3v) is 2.81. The number of ether oxygens (including phenoxy) is 1. The van der Waals surface area contributed by atoms with Crippen LogP contribution in [0.25, 0.3) is 0 Å². The Balaban J connectivity index is 2.33. The fourth-order valence-corrected chi connectivity index (χ4v) is 1.42. The molecule has 1 atom stereocenters. The Bertz CT molecular complexity index is 334. The van der Waals surface area contributed by atoms with Crippen LogP contribution < -0.4 is 10.1 Å². The summed E-state index contributed by atoms with van der Waals surface area (Å²) < 4.78 is 5.36. The Hall–Kier alpha value is -1.18. The minimum atomic E-state index is -1.19. The number of benzene rings is 1. The van der Waals surface area contributed by atoms with Gasteiger partial charge in [0.15, 0.2) is 0 Å². The third kappa shape index (κ3) is 5.14. The zero-order chi connectivity index (χ0) is 14.1. The van der Waals surface area contributed by atoms with Crippen molar-refractivity contribution < 1.29 is 25.2 Å². The molecule has 5 N–H and O–H groups in total. The topological polar surface area (TPSA) is 102 Å². The lowest BCUT2D eigenvalue weighted by molar-refractivity contribution is 0.0261. The van der Waals surface area contributed by atoms with E-state index in [1.807, 2.05) is 18.2 Å². The van der Waals surface area contributed by atoms with Crippen molar-refractivity contribution in [1.82, 2.24) is 5.32 Å². The fraction of sp³-hybridized carbons (Fsp3) is 0.538. The molecule has 0 spiro atoms. The van der Waals surface area contributed by atoms with Gasteiger partial charge in [-0.3, -0.25) is 0 Å². The highest BCUT2D eigenvalue weighted by atomic mass is 16.5. The maximum Gasteiger partial charge on any atom is 0.119 e. The first kappa shape index (κ1) is 15.9. The summed E-state index contributed by atoms with van der Waals surface area (Å²) in [6, 6.07) is 9.07. The van der Waals surface area contributed by atoms with Crippen molar-refractivity contribution >= 4 is 0 Å². The normalized spacial score (nSPS) is 13.3. The first-order valence-corrected chi connectivity index (χ1v) is 6.09. The van der Waals surface area contributed by atoms with Gasteiger partial charge in [0.2, 0.25) is 0 Å². The summed E-state index contributed by atoms with van der Waals surface area (Å²) in [6.07, 6.45) is -0.816. The van der Waals surface area contributed by atoms with E-state index in [4.69, 9.17) is 20.1 Å². The molecule has 0 bridgehead atoms. The summed E-state index contributed by atoms with van der Waals surface area (Å²) in [5, 5.41) is 39.8. The van der Waals surface area contributed by atoms with Crippen LogP contribution in [0.3, 0.4) is 0 Å². The molecule has 0 amide bonds. The molecule has 0 saturated carbocycles. The van der Waals surface area contributed by atoms with Crippen molar-refractivity contribution in [3.63, 3.8) is 0 Å². The van der Waals surface area contributed by atoms with E-state index in [0.717, 1.165) is 0 Å². The monoisotopic (exact) mass is 271 g/mol. The van der Waals surface area contributed by atoms with E-state index >= 15 is 0 Å². The van der Waals surface area contributed by atoms with Gasteiger partial charge in [0.1, 0.15) is 18.5 Å². The van der Waals surface area contributed by atoms with Crippen LogP contribution in [0.1, 0.15) is 0 Å². The number of nitrogens with one attached hydrogen (secondary N) is 1.